The Kier molecular flexibility index (Phi) is 4.97. The number of rotatable bonds is 5. The predicted octanol–water partition coefficient (Wildman–Crippen LogP) is 4.31. The summed E-state index contributed by atoms with van der Waals surface area (Å²) in [6, 6.07) is 11.3. The molecule has 0 bridgehead atoms. The molecule has 0 radical (unpaired) electrons. The van der Waals surface area contributed by atoms with Crippen LogP contribution in [0.15, 0.2) is 36.4 Å². The summed E-state index contributed by atoms with van der Waals surface area (Å²) in [6.07, 6.45) is 0. The van der Waals surface area contributed by atoms with Gasteiger partial charge in [-0.25, -0.2) is 4.39 Å². The first-order valence-corrected chi connectivity index (χ1v) is 7.18. The molecule has 112 valence electrons. The van der Waals surface area contributed by atoms with Crippen molar-refractivity contribution in [2.24, 2.45) is 0 Å². The Bertz CT molecular complexity index is 623. The number of methoxy groups -OCH3 is 1. The van der Waals surface area contributed by atoms with Crippen LogP contribution in [0.1, 0.15) is 25.0 Å². The van der Waals surface area contributed by atoms with Gasteiger partial charge < -0.3 is 10.1 Å². The van der Waals surface area contributed by atoms with Crippen LogP contribution < -0.4 is 10.1 Å². The van der Waals surface area contributed by atoms with Crippen molar-refractivity contribution in [3.8, 4) is 16.9 Å². The van der Waals surface area contributed by atoms with Crippen molar-refractivity contribution in [3.05, 3.63) is 53.3 Å². The summed E-state index contributed by atoms with van der Waals surface area (Å²) in [4.78, 5) is 0. The van der Waals surface area contributed by atoms with E-state index in [1.165, 1.54) is 6.07 Å². The van der Waals surface area contributed by atoms with Crippen LogP contribution >= 0.6 is 0 Å². The van der Waals surface area contributed by atoms with Gasteiger partial charge in [0.15, 0.2) is 0 Å². The molecule has 2 aromatic rings. The summed E-state index contributed by atoms with van der Waals surface area (Å²) in [6.45, 7) is 6.91. The number of aryl methyl sites for hydroxylation is 1. The Morgan fingerprint density at radius 1 is 1.14 bits per heavy atom. The average molecular weight is 287 g/mol. The summed E-state index contributed by atoms with van der Waals surface area (Å²) in [7, 11) is 1.65. The van der Waals surface area contributed by atoms with E-state index in [0.717, 1.165) is 34.5 Å². The van der Waals surface area contributed by atoms with E-state index in [2.05, 4.69) is 19.2 Å². The van der Waals surface area contributed by atoms with Crippen LogP contribution in [-0.2, 0) is 6.54 Å². The molecule has 0 aromatic heterocycles. The lowest BCUT2D eigenvalue weighted by Crippen LogP contribution is -2.22. The maximum atomic E-state index is 13.6. The Labute approximate surface area is 126 Å². The number of halogens is 1. The molecule has 0 amide bonds. The lowest BCUT2D eigenvalue weighted by molar-refractivity contribution is 0.412. The third-order valence-corrected chi connectivity index (χ3v) is 3.48. The number of ether oxygens (including phenoxy) is 1. The minimum Gasteiger partial charge on any atom is -0.496 e. The minimum atomic E-state index is -0.216. The van der Waals surface area contributed by atoms with Crippen LogP contribution in [0.25, 0.3) is 11.1 Å². The molecule has 0 aliphatic rings. The second-order valence-corrected chi connectivity index (χ2v) is 5.52. The van der Waals surface area contributed by atoms with Crippen molar-refractivity contribution in [2.75, 3.05) is 7.11 Å². The summed E-state index contributed by atoms with van der Waals surface area (Å²) < 4.78 is 18.9. The number of benzene rings is 2. The standard InChI is InChI=1S/C18H22FNO/c1-12(2)20-11-15-5-7-16(19)10-17(15)14-6-8-18(21-4)13(3)9-14/h5-10,12,20H,11H2,1-4H3. The largest absolute Gasteiger partial charge is 0.496 e. The van der Waals surface area contributed by atoms with Gasteiger partial charge in [-0.15, -0.1) is 0 Å². The van der Waals surface area contributed by atoms with E-state index in [-0.39, 0.29) is 5.82 Å². The van der Waals surface area contributed by atoms with E-state index in [4.69, 9.17) is 4.74 Å². The first-order chi connectivity index (χ1) is 10.0. The molecule has 0 fully saturated rings. The summed E-state index contributed by atoms with van der Waals surface area (Å²) >= 11 is 0. The van der Waals surface area contributed by atoms with Crippen LogP contribution in [0.4, 0.5) is 4.39 Å². The zero-order valence-corrected chi connectivity index (χ0v) is 13.0. The zero-order valence-electron chi connectivity index (χ0n) is 13.0. The van der Waals surface area contributed by atoms with Crippen LogP contribution in [0.3, 0.4) is 0 Å². The maximum Gasteiger partial charge on any atom is 0.123 e. The van der Waals surface area contributed by atoms with Crippen LogP contribution in [0, 0.1) is 12.7 Å². The average Bonchev–Trinajstić information content (AvgIpc) is 2.45. The molecule has 0 saturated heterocycles. The Hall–Kier alpha value is -1.87. The molecule has 3 heteroatoms. The minimum absolute atomic E-state index is 0.216. The fourth-order valence-corrected chi connectivity index (χ4v) is 2.33. The molecular weight excluding hydrogens is 265 g/mol. The van der Waals surface area contributed by atoms with Gasteiger partial charge >= 0.3 is 0 Å². The molecule has 0 spiro atoms. The van der Waals surface area contributed by atoms with Gasteiger partial charge in [0.25, 0.3) is 0 Å². The van der Waals surface area contributed by atoms with Gasteiger partial charge in [-0.3, -0.25) is 0 Å². The lowest BCUT2D eigenvalue weighted by Gasteiger charge is -2.14. The topological polar surface area (TPSA) is 21.3 Å². The van der Waals surface area contributed by atoms with Crippen LogP contribution in [-0.4, -0.2) is 13.2 Å². The van der Waals surface area contributed by atoms with Gasteiger partial charge in [-0.05, 0) is 53.4 Å². The molecule has 0 aliphatic carbocycles. The van der Waals surface area contributed by atoms with E-state index >= 15 is 0 Å². The third-order valence-electron chi connectivity index (χ3n) is 3.48. The third kappa shape index (κ3) is 3.82. The second-order valence-electron chi connectivity index (χ2n) is 5.52. The quantitative estimate of drug-likeness (QED) is 0.885. The van der Waals surface area contributed by atoms with Gasteiger partial charge in [0.05, 0.1) is 7.11 Å². The van der Waals surface area contributed by atoms with E-state index in [1.807, 2.05) is 31.2 Å². The molecule has 2 nitrogen and oxygen atoms in total. The summed E-state index contributed by atoms with van der Waals surface area (Å²) in [5.41, 5.74) is 4.07. The van der Waals surface area contributed by atoms with Gasteiger partial charge in [0, 0.05) is 12.6 Å². The molecule has 2 aromatic carbocycles. The predicted molar refractivity (Wildman–Crippen MR) is 85.1 cm³/mol. The van der Waals surface area contributed by atoms with Crippen molar-refractivity contribution >= 4 is 0 Å². The highest BCUT2D eigenvalue weighted by Crippen LogP contribution is 2.29. The Morgan fingerprint density at radius 2 is 1.90 bits per heavy atom. The van der Waals surface area contributed by atoms with Crippen molar-refractivity contribution in [1.29, 1.82) is 0 Å². The van der Waals surface area contributed by atoms with Gasteiger partial charge in [-0.2, -0.15) is 0 Å². The molecule has 0 heterocycles. The van der Waals surface area contributed by atoms with Crippen molar-refractivity contribution in [3.63, 3.8) is 0 Å². The van der Waals surface area contributed by atoms with E-state index in [1.54, 1.807) is 13.2 Å². The molecule has 0 atom stereocenters. The van der Waals surface area contributed by atoms with Gasteiger partial charge in [-0.1, -0.05) is 26.0 Å². The first kappa shape index (κ1) is 15.5. The normalized spacial score (nSPS) is 11.0. The second kappa shape index (κ2) is 6.72. The molecule has 0 saturated carbocycles. The lowest BCUT2D eigenvalue weighted by atomic mass is 9.97. The van der Waals surface area contributed by atoms with E-state index in [0.29, 0.717) is 6.04 Å². The number of nitrogens with one attached hydrogen (secondary N) is 1. The molecule has 1 N–H and O–H groups in total. The van der Waals surface area contributed by atoms with E-state index < -0.39 is 0 Å². The highest BCUT2D eigenvalue weighted by atomic mass is 19.1. The van der Waals surface area contributed by atoms with Gasteiger partial charge in [0.1, 0.15) is 11.6 Å². The fourth-order valence-electron chi connectivity index (χ4n) is 2.33. The van der Waals surface area contributed by atoms with Crippen molar-refractivity contribution < 1.29 is 9.13 Å². The molecule has 21 heavy (non-hydrogen) atoms. The highest BCUT2D eigenvalue weighted by molar-refractivity contribution is 5.69. The Balaban J connectivity index is 2.41. The molecule has 0 unspecified atom stereocenters. The molecule has 0 aliphatic heterocycles. The molecular formula is C18H22FNO. The fraction of sp³-hybridized carbons (Fsp3) is 0.333. The maximum absolute atomic E-state index is 13.6. The highest BCUT2D eigenvalue weighted by Gasteiger charge is 2.09. The Morgan fingerprint density at radius 3 is 2.52 bits per heavy atom. The molecule has 2 rings (SSSR count). The SMILES string of the molecule is COc1ccc(-c2cc(F)ccc2CNC(C)C)cc1C. The number of hydrogen-bond donors (Lipinski definition) is 1. The van der Waals surface area contributed by atoms with Crippen molar-refractivity contribution in [1.82, 2.24) is 5.32 Å². The summed E-state index contributed by atoms with van der Waals surface area (Å²) in [5.74, 6) is 0.628. The zero-order chi connectivity index (χ0) is 15.4. The number of hydrogen-bond acceptors (Lipinski definition) is 2. The summed E-state index contributed by atoms with van der Waals surface area (Å²) in [5, 5.41) is 3.38. The van der Waals surface area contributed by atoms with Gasteiger partial charge in [0.2, 0.25) is 0 Å². The monoisotopic (exact) mass is 287 g/mol. The smallest absolute Gasteiger partial charge is 0.123 e. The van der Waals surface area contributed by atoms with E-state index in [9.17, 15) is 4.39 Å². The first-order valence-electron chi connectivity index (χ1n) is 7.18. The van der Waals surface area contributed by atoms with Crippen LogP contribution in [0.2, 0.25) is 0 Å². The van der Waals surface area contributed by atoms with Crippen molar-refractivity contribution in [2.45, 2.75) is 33.4 Å². The van der Waals surface area contributed by atoms with Crippen LogP contribution in [0.5, 0.6) is 5.75 Å².